The van der Waals surface area contributed by atoms with Gasteiger partial charge in [0.25, 0.3) is 5.91 Å². The van der Waals surface area contributed by atoms with Crippen LogP contribution in [0.3, 0.4) is 0 Å². The number of Topliss-reactive ketones (excluding diaryl/α,β-unsaturated/α-hetero) is 1. The van der Waals surface area contributed by atoms with Gasteiger partial charge in [0.1, 0.15) is 5.82 Å². The Hall–Kier alpha value is -4.66. The number of fused-ring (bicyclic) bond motifs is 1. The summed E-state index contributed by atoms with van der Waals surface area (Å²) in [4.78, 5) is 43.1. The van der Waals surface area contributed by atoms with Crippen LogP contribution in [0, 0.1) is 12.7 Å². The van der Waals surface area contributed by atoms with Crippen LogP contribution in [0.15, 0.2) is 72.1 Å². The number of carbonyl (C=O) groups is 3. The molecule has 2 aromatic carbocycles. The molecule has 4 aromatic rings. The normalized spacial score (nSPS) is 15.4. The fourth-order valence-electron chi connectivity index (χ4n) is 4.76. The van der Waals surface area contributed by atoms with Crippen molar-refractivity contribution in [1.82, 2.24) is 25.8 Å². The summed E-state index contributed by atoms with van der Waals surface area (Å²) in [5, 5.41) is 13.4. The number of nitrogens with one attached hydrogen (secondary N) is 3. The minimum Gasteiger partial charge on any atom is -0.346 e. The summed E-state index contributed by atoms with van der Waals surface area (Å²) in [5.74, 6) is -1.72. The van der Waals surface area contributed by atoms with E-state index in [0.29, 0.717) is 22.4 Å². The van der Waals surface area contributed by atoms with E-state index in [4.69, 9.17) is 0 Å². The molecule has 0 saturated heterocycles. The van der Waals surface area contributed by atoms with Gasteiger partial charge in [0.2, 0.25) is 5.91 Å². The highest BCUT2D eigenvalue weighted by Gasteiger charge is 2.31. The maximum Gasteiger partial charge on any atom is 0.254 e. The Kier molecular flexibility index (Phi) is 6.83. The molecule has 0 fully saturated rings. The Morgan fingerprint density at radius 3 is 2.79 bits per heavy atom. The topological polar surface area (TPSA) is 117 Å². The average Bonchev–Trinajstić information content (AvgIpc) is 3.36. The smallest absolute Gasteiger partial charge is 0.254 e. The molecule has 1 aliphatic rings. The van der Waals surface area contributed by atoms with Gasteiger partial charge in [-0.3, -0.25) is 24.5 Å². The van der Waals surface area contributed by atoms with E-state index in [1.165, 1.54) is 18.2 Å². The van der Waals surface area contributed by atoms with E-state index in [9.17, 15) is 18.8 Å². The monoisotopic (exact) mass is 511 g/mol. The Morgan fingerprint density at radius 2 is 1.97 bits per heavy atom. The summed E-state index contributed by atoms with van der Waals surface area (Å²) in [7, 11) is 0. The third kappa shape index (κ3) is 5.08. The lowest BCUT2D eigenvalue weighted by Gasteiger charge is -2.28. The summed E-state index contributed by atoms with van der Waals surface area (Å²) < 4.78 is 14.7. The second-order valence-corrected chi connectivity index (χ2v) is 9.45. The number of aryl methyl sites for hydroxylation is 1. The number of hydrogen-bond acceptors (Lipinski definition) is 5. The zero-order chi connectivity index (χ0) is 26.8. The minimum absolute atomic E-state index is 0.0936. The van der Waals surface area contributed by atoms with Crippen LogP contribution in [0.1, 0.15) is 52.1 Å². The molecule has 2 amide bonds. The van der Waals surface area contributed by atoms with Crippen LogP contribution < -0.4 is 10.6 Å². The SMILES string of the molecule is CC1=C(C(=O)Cc2ccc3[nH]ncc3c2)C(c2ccc(F)c(C(=O)NCc3ncccc3C)c2)NC(=O)C1. The van der Waals surface area contributed by atoms with Crippen molar-refractivity contribution in [2.75, 3.05) is 0 Å². The van der Waals surface area contributed by atoms with Crippen LogP contribution in [0.25, 0.3) is 10.9 Å². The average molecular weight is 512 g/mol. The van der Waals surface area contributed by atoms with Crippen LogP contribution in [0.5, 0.6) is 0 Å². The first kappa shape index (κ1) is 25.0. The maximum absolute atomic E-state index is 14.7. The predicted octanol–water partition coefficient (Wildman–Crippen LogP) is 4.02. The molecule has 0 radical (unpaired) electrons. The largest absolute Gasteiger partial charge is 0.346 e. The second-order valence-electron chi connectivity index (χ2n) is 9.45. The molecule has 0 aliphatic carbocycles. The molecule has 192 valence electrons. The summed E-state index contributed by atoms with van der Waals surface area (Å²) in [6.07, 6.45) is 3.54. The van der Waals surface area contributed by atoms with Gasteiger partial charge in [0, 0.05) is 30.0 Å². The molecule has 1 aliphatic heterocycles. The molecule has 38 heavy (non-hydrogen) atoms. The van der Waals surface area contributed by atoms with Crippen molar-refractivity contribution < 1.29 is 18.8 Å². The van der Waals surface area contributed by atoms with Gasteiger partial charge in [0.05, 0.1) is 35.6 Å². The van der Waals surface area contributed by atoms with Crippen LogP contribution in [-0.2, 0) is 22.6 Å². The van der Waals surface area contributed by atoms with E-state index in [0.717, 1.165) is 22.0 Å². The molecule has 2 aromatic heterocycles. The molecular formula is C29H26FN5O3. The molecule has 3 N–H and O–H groups in total. The fourth-order valence-corrected chi connectivity index (χ4v) is 4.76. The fraction of sp³-hybridized carbons (Fsp3) is 0.207. The van der Waals surface area contributed by atoms with Gasteiger partial charge < -0.3 is 10.6 Å². The summed E-state index contributed by atoms with van der Waals surface area (Å²) in [6.45, 7) is 3.77. The van der Waals surface area contributed by atoms with Crippen molar-refractivity contribution in [2.45, 2.75) is 39.3 Å². The first-order chi connectivity index (χ1) is 18.3. The number of aromatic nitrogens is 3. The van der Waals surface area contributed by atoms with Crippen LogP contribution in [0.2, 0.25) is 0 Å². The van der Waals surface area contributed by atoms with Gasteiger partial charge in [-0.1, -0.05) is 23.8 Å². The number of ketones is 1. The van der Waals surface area contributed by atoms with E-state index in [2.05, 4.69) is 25.8 Å². The molecule has 1 atom stereocenters. The number of aromatic amines is 1. The second kappa shape index (κ2) is 10.4. The Labute approximate surface area is 218 Å². The Balaban J connectivity index is 1.41. The third-order valence-electron chi connectivity index (χ3n) is 6.75. The summed E-state index contributed by atoms with van der Waals surface area (Å²) >= 11 is 0. The number of benzene rings is 2. The highest BCUT2D eigenvalue weighted by Crippen LogP contribution is 2.32. The van der Waals surface area contributed by atoms with Gasteiger partial charge in [0.15, 0.2) is 5.78 Å². The van der Waals surface area contributed by atoms with Crippen molar-refractivity contribution in [2.24, 2.45) is 0 Å². The molecule has 0 saturated carbocycles. The van der Waals surface area contributed by atoms with E-state index in [-0.39, 0.29) is 36.6 Å². The number of hydrogen-bond donors (Lipinski definition) is 3. The molecular weight excluding hydrogens is 485 g/mol. The van der Waals surface area contributed by atoms with E-state index >= 15 is 0 Å². The molecule has 0 spiro atoms. The van der Waals surface area contributed by atoms with Gasteiger partial charge in [-0.25, -0.2) is 4.39 Å². The van der Waals surface area contributed by atoms with Crippen molar-refractivity contribution in [3.63, 3.8) is 0 Å². The van der Waals surface area contributed by atoms with Crippen molar-refractivity contribution in [3.8, 4) is 0 Å². The predicted molar refractivity (Wildman–Crippen MR) is 140 cm³/mol. The lowest BCUT2D eigenvalue weighted by Crippen LogP contribution is -2.37. The maximum atomic E-state index is 14.7. The molecule has 8 nitrogen and oxygen atoms in total. The van der Waals surface area contributed by atoms with Crippen LogP contribution in [0.4, 0.5) is 4.39 Å². The molecule has 0 bridgehead atoms. The summed E-state index contributed by atoms with van der Waals surface area (Å²) in [5.41, 5.74) is 4.63. The zero-order valence-electron chi connectivity index (χ0n) is 21.0. The zero-order valence-corrected chi connectivity index (χ0v) is 21.0. The van der Waals surface area contributed by atoms with E-state index < -0.39 is 17.8 Å². The van der Waals surface area contributed by atoms with Crippen molar-refractivity contribution in [1.29, 1.82) is 0 Å². The van der Waals surface area contributed by atoms with Crippen molar-refractivity contribution in [3.05, 3.63) is 106 Å². The van der Waals surface area contributed by atoms with Crippen molar-refractivity contribution >= 4 is 28.5 Å². The first-order valence-corrected chi connectivity index (χ1v) is 12.2. The van der Waals surface area contributed by atoms with E-state index in [1.54, 1.807) is 25.4 Å². The number of nitrogens with zero attached hydrogens (tertiary/aromatic N) is 2. The molecule has 9 heteroatoms. The number of H-pyrrole nitrogens is 1. The van der Waals surface area contributed by atoms with Gasteiger partial charge in [-0.2, -0.15) is 5.10 Å². The number of amides is 2. The number of carbonyl (C=O) groups excluding carboxylic acids is 3. The van der Waals surface area contributed by atoms with Gasteiger partial charge in [-0.15, -0.1) is 0 Å². The molecule has 3 heterocycles. The standard InChI is InChI=1S/C29H26FN5O3/c1-16-4-3-9-31-24(16)15-32-29(38)21-13-19(6-7-22(21)30)28-27(17(2)10-26(37)34-28)25(36)12-18-5-8-23-20(11-18)14-33-35-23/h3-9,11,13-14,28H,10,12,15H2,1-2H3,(H,32,38)(H,33,35)(H,34,37). The quantitative estimate of drug-likeness (QED) is 0.347. The third-order valence-corrected chi connectivity index (χ3v) is 6.75. The first-order valence-electron chi connectivity index (χ1n) is 12.2. The van der Waals surface area contributed by atoms with Crippen LogP contribution >= 0.6 is 0 Å². The number of halogens is 1. The van der Waals surface area contributed by atoms with E-state index in [1.807, 2.05) is 31.2 Å². The summed E-state index contributed by atoms with van der Waals surface area (Å²) in [6, 6.07) is 12.6. The Bertz CT molecular complexity index is 1610. The Morgan fingerprint density at radius 1 is 1.13 bits per heavy atom. The van der Waals surface area contributed by atoms with Gasteiger partial charge in [-0.05, 0) is 60.9 Å². The lowest BCUT2D eigenvalue weighted by molar-refractivity contribution is -0.121. The highest BCUT2D eigenvalue weighted by molar-refractivity contribution is 6.02. The van der Waals surface area contributed by atoms with Crippen LogP contribution in [-0.4, -0.2) is 32.8 Å². The van der Waals surface area contributed by atoms with Gasteiger partial charge >= 0.3 is 0 Å². The highest BCUT2D eigenvalue weighted by atomic mass is 19.1. The molecule has 1 unspecified atom stereocenters. The minimum atomic E-state index is -0.799. The number of pyridine rings is 1. The lowest BCUT2D eigenvalue weighted by atomic mass is 9.85. The molecule has 5 rings (SSSR count). The number of rotatable bonds is 7.